The van der Waals surface area contributed by atoms with E-state index in [0.717, 1.165) is 37.9 Å². The number of phenols is 2. The fraction of sp³-hybridized carbons (Fsp3) is 0.562. The molecule has 1 aromatic rings. The van der Waals surface area contributed by atoms with Crippen LogP contribution in [0.15, 0.2) is 18.2 Å². The fourth-order valence-electron chi connectivity index (χ4n) is 3.03. The van der Waals surface area contributed by atoms with E-state index < -0.39 is 5.97 Å². The van der Waals surface area contributed by atoms with Gasteiger partial charge < -0.3 is 15.3 Å². The summed E-state index contributed by atoms with van der Waals surface area (Å²) in [5.74, 6) is -0.0791. The lowest BCUT2D eigenvalue weighted by molar-refractivity contribution is -0.137. The van der Waals surface area contributed by atoms with Crippen molar-refractivity contribution in [1.82, 2.24) is 4.90 Å². The SMILES string of the molecule is CC(c1cc(O)cc(O)c1)N1CCC(CCC(=O)O)CC1. The quantitative estimate of drug-likeness (QED) is 0.777. The number of nitrogens with zero attached hydrogens (tertiary/aromatic N) is 1. The molecule has 0 saturated carbocycles. The first-order chi connectivity index (χ1) is 9.95. The summed E-state index contributed by atoms with van der Waals surface area (Å²) in [5, 5.41) is 27.9. The number of benzene rings is 1. The lowest BCUT2D eigenvalue weighted by Gasteiger charge is -2.36. The number of carbonyl (C=O) groups is 1. The molecular formula is C16H23NO4. The van der Waals surface area contributed by atoms with Gasteiger partial charge in [-0.3, -0.25) is 9.69 Å². The van der Waals surface area contributed by atoms with Gasteiger partial charge in [-0.2, -0.15) is 0 Å². The molecule has 1 aliphatic rings. The molecule has 0 aromatic heterocycles. The van der Waals surface area contributed by atoms with E-state index in [1.54, 1.807) is 12.1 Å². The van der Waals surface area contributed by atoms with Gasteiger partial charge in [-0.15, -0.1) is 0 Å². The smallest absolute Gasteiger partial charge is 0.303 e. The molecule has 21 heavy (non-hydrogen) atoms. The van der Waals surface area contributed by atoms with Gasteiger partial charge in [0.15, 0.2) is 0 Å². The number of likely N-dealkylation sites (tertiary alicyclic amines) is 1. The van der Waals surface area contributed by atoms with Gasteiger partial charge in [0.05, 0.1) is 0 Å². The summed E-state index contributed by atoms with van der Waals surface area (Å²) in [7, 11) is 0. The van der Waals surface area contributed by atoms with E-state index in [4.69, 9.17) is 5.11 Å². The van der Waals surface area contributed by atoms with Crippen molar-refractivity contribution in [1.29, 1.82) is 0 Å². The number of rotatable bonds is 5. The van der Waals surface area contributed by atoms with Crippen LogP contribution in [0.1, 0.15) is 44.2 Å². The minimum Gasteiger partial charge on any atom is -0.508 e. The van der Waals surface area contributed by atoms with Gasteiger partial charge in [-0.1, -0.05) is 0 Å². The third kappa shape index (κ3) is 4.36. The van der Waals surface area contributed by atoms with Crippen molar-refractivity contribution in [3.8, 4) is 11.5 Å². The molecule has 0 aliphatic carbocycles. The second-order valence-corrected chi connectivity index (χ2v) is 5.87. The van der Waals surface area contributed by atoms with Gasteiger partial charge >= 0.3 is 5.97 Å². The van der Waals surface area contributed by atoms with Crippen LogP contribution in [0, 0.1) is 5.92 Å². The normalized spacial score (nSPS) is 18.5. The van der Waals surface area contributed by atoms with Gasteiger partial charge in [0.1, 0.15) is 11.5 Å². The Morgan fingerprint density at radius 3 is 2.33 bits per heavy atom. The van der Waals surface area contributed by atoms with E-state index in [1.165, 1.54) is 6.07 Å². The summed E-state index contributed by atoms with van der Waals surface area (Å²) in [5.41, 5.74) is 0.900. The molecule has 1 aliphatic heterocycles. The average molecular weight is 293 g/mol. The predicted octanol–water partition coefficient (Wildman–Crippen LogP) is 2.74. The molecule has 0 radical (unpaired) electrons. The number of carboxylic acid groups (broad SMARTS) is 1. The molecule has 2 rings (SSSR count). The maximum atomic E-state index is 10.6. The minimum absolute atomic E-state index is 0.0770. The molecule has 116 valence electrons. The monoisotopic (exact) mass is 293 g/mol. The Kier molecular flexibility index (Phi) is 5.07. The molecule has 5 nitrogen and oxygen atoms in total. The zero-order valence-corrected chi connectivity index (χ0v) is 12.3. The standard InChI is InChI=1S/C16H23NO4/c1-11(13-8-14(18)10-15(19)9-13)17-6-4-12(5-7-17)2-3-16(20)21/h8-12,18-19H,2-7H2,1H3,(H,20,21). The van der Waals surface area contributed by atoms with Crippen LogP contribution in [-0.4, -0.2) is 39.3 Å². The van der Waals surface area contributed by atoms with Crippen LogP contribution in [0.4, 0.5) is 0 Å². The maximum Gasteiger partial charge on any atom is 0.303 e. The van der Waals surface area contributed by atoms with Crippen LogP contribution in [-0.2, 0) is 4.79 Å². The van der Waals surface area contributed by atoms with Crippen molar-refractivity contribution in [3.05, 3.63) is 23.8 Å². The molecular weight excluding hydrogens is 270 g/mol. The highest BCUT2D eigenvalue weighted by atomic mass is 16.4. The van der Waals surface area contributed by atoms with Crippen molar-refractivity contribution in [3.63, 3.8) is 0 Å². The first-order valence-corrected chi connectivity index (χ1v) is 7.44. The Balaban J connectivity index is 1.90. The van der Waals surface area contributed by atoms with Gasteiger partial charge in [-0.25, -0.2) is 0 Å². The summed E-state index contributed by atoms with van der Waals surface area (Å²) in [6.45, 7) is 3.90. The third-order valence-electron chi connectivity index (χ3n) is 4.37. The lowest BCUT2D eigenvalue weighted by Crippen LogP contribution is -2.35. The van der Waals surface area contributed by atoms with E-state index in [-0.39, 0.29) is 24.0 Å². The van der Waals surface area contributed by atoms with Crippen LogP contribution < -0.4 is 0 Å². The van der Waals surface area contributed by atoms with Crippen molar-refractivity contribution >= 4 is 5.97 Å². The Labute approximate surface area is 124 Å². The fourth-order valence-corrected chi connectivity index (χ4v) is 3.03. The molecule has 0 spiro atoms. The van der Waals surface area contributed by atoms with Crippen LogP contribution in [0.5, 0.6) is 11.5 Å². The number of hydrogen-bond donors (Lipinski definition) is 3. The molecule has 0 bridgehead atoms. The summed E-state index contributed by atoms with van der Waals surface area (Å²) >= 11 is 0. The number of hydrogen-bond acceptors (Lipinski definition) is 4. The predicted molar refractivity (Wildman–Crippen MR) is 79.4 cm³/mol. The molecule has 1 fully saturated rings. The van der Waals surface area contributed by atoms with Gasteiger partial charge in [0, 0.05) is 18.5 Å². The Hall–Kier alpha value is -1.75. The van der Waals surface area contributed by atoms with E-state index in [0.29, 0.717) is 5.92 Å². The number of aliphatic carboxylic acids is 1. The average Bonchev–Trinajstić information content (AvgIpc) is 2.44. The number of carboxylic acids is 1. The van der Waals surface area contributed by atoms with Crippen LogP contribution in [0.25, 0.3) is 0 Å². The molecule has 1 aromatic carbocycles. The number of piperidine rings is 1. The van der Waals surface area contributed by atoms with Crippen LogP contribution >= 0.6 is 0 Å². The van der Waals surface area contributed by atoms with Crippen molar-refractivity contribution in [2.45, 2.75) is 38.6 Å². The molecule has 1 heterocycles. The van der Waals surface area contributed by atoms with E-state index in [1.807, 2.05) is 0 Å². The van der Waals surface area contributed by atoms with Gasteiger partial charge in [0.2, 0.25) is 0 Å². The molecule has 1 saturated heterocycles. The van der Waals surface area contributed by atoms with Gasteiger partial charge in [0.25, 0.3) is 0 Å². The van der Waals surface area contributed by atoms with E-state index in [2.05, 4.69) is 11.8 Å². The van der Waals surface area contributed by atoms with Gasteiger partial charge in [-0.05, 0) is 62.9 Å². The second-order valence-electron chi connectivity index (χ2n) is 5.87. The summed E-state index contributed by atoms with van der Waals surface area (Å²) in [6.07, 6.45) is 3.01. The Bertz CT molecular complexity index is 475. The lowest BCUT2D eigenvalue weighted by atomic mass is 9.91. The molecule has 3 N–H and O–H groups in total. The van der Waals surface area contributed by atoms with Crippen LogP contribution in [0.3, 0.4) is 0 Å². The number of aromatic hydroxyl groups is 2. The summed E-state index contributed by atoms with van der Waals surface area (Å²) in [4.78, 5) is 12.9. The van der Waals surface area contributed by atoms with Crippen molar-refractivity contribution in [2.75, 3.05) is 13.1 Å². The Morgan fingerprint density at radius 1 is 1.24 bits per heavy atom. The molecule has 5 heteroatoms. The molecule has 1 unspecified atom stereocenters. The summed E-state index contributed by atoms with van der Waals surface area (Å²) < 4.78 is 0. The topological polar surface area (TPSA) is 81.0 Å². The second kappa shape index (κ2) is 6.80. The first kappa shape index (κ1) is 15.6. The van der Waals surface area contributed by atoms with Crippen LogP contribution in [0.2, 0.25) is 0 Å². The number of phenolic OH excluding ortho intramolecular Hbond substituents is 2. The van der Waals surface area contributed by atoms with E-state index >= 15 is 0 Å². The largest absolute Gasteiger partial charge is 0.508 e. The zero-order chi connectivity index (χ0) is 15.4. The van der Waals surface area contributed by atoms with E-state index in [9.17, 15) is 15.0 Å². The minimum atomic E-state index is -0.721. The van der Waals surface area contributed by atoms with Crippen molar-refractivity contribution < 1.29 is 20.1 Å². The Morgan fingerprint density at radius 2 is 1.81 bits per heavy atom. The third-order valence-corrected chi connectivity index (χ3v) is 4.37. The highest BCUT2D eigenvalue weighted by molar-refractivity contribution is 5.66. The summed E-state index contributed by atoms with van der Waals surface area (Å²) in [6, 6.07) is 4.82. The zero-order valence-electron chi connectivity index (χ0n) is 12.3. The first-order valence-electron chi connectivity index (χ1n) is 7.44. The molecule has 1 atom stereocenters. The highest BCUT2D eigenvalue weighted by Crippen LogP contribution is 2.31. The molecule has 0 amide bonds. The maximum absolute atomic E-state index is 10.6. The van der Waals surface area contributed by atoms with Crippen molar-refractivity contribution in [2.24, 2.45) is 5.92 Å². The highest BCUT2D eigenvalue weighted by Gasteiger charge is 2.24.